The average Bonchev–Trinajstić information content (AvgIpc) is 2.86. The van der Waals surface area contributed by atoms with Crippen LogP contribution in [-0.2, 0) is 11.2 Å². The third kappa shape index (κ3) is 4.88. The first-order valence-corrected chi connectivity index (χ1v) is 7.10. The van der Waals surface area contributed by atoms with Crippen LogP contribution < -0.4 is 11.1 Å². The molecule has 0 saturated carbocycles. The molecular formula is C13H22N2OS. The molecule has 1 heterocycles. The molecule has 0 aliphatic rings. The van der Waals surface area contributed by atoms with Gasteiger partial charge >= 0.3 is 0 Å². The molecule has 1 rings (SSSR count). The Balaban J connectivity index is 2.26. The third-order valence-electron chi connectivity index (χ3n) is 3.27. The van der Waals surface area contributed by atoms with Gasteiger partial charge in [0.1, 0.15) is 0 Å². The third-order valence-corrected chi connectivity index (χ3v) is 4.00. The molecule has 0 spiro atoms. The summed E-state index contributed by atoms with van der Waals surface area (Å²) < 4.78 is 0. The fourth-order valence-electron chi connectivity index (χ4n) is 1.56. The molecule has 0 aliphatic carbocycles. The van der Waals surface area contributed by atoms with E-state index in [0.717, 1.165) is 19.3 Å². The van der Waals surface area contributed by atoms with Gasteiger partial charge in [0, 0.05) is 18.5 Å². The number of aryl methyl sites for hydroxylation is 1. The summed E-state index contributed by atoms with van der Waals surface area (Å²) in [6.07, 6.45) is 3.12. The average molecular weight is 254 g/mol. The number of hydrogen-bond donors (Lipinski definition) is 2. The Morgan fingerprint density at radius 3 is 2.71 bits per heavy atom. The van der Waals surface area contributed by atoms with Gasteiger partial charge in [0.25, 0.3) is 0 Å². The predicted molar refractivity (Wildman–Crippen MR) is 73.2 cm³/mol. The van der Waals surface area contributed by atoms with Gasteiger partial charge in [-0.3, -0.25) is 4.79 Å². The van der Waals surface area contributed by atoms with Gasteiger partial charge in [-0.2, -0.15) is 11.3 Å². The Morgan fingerprint density at radius 2 is 2.18 bits per heavy atom. The molecule has 0 atom stereocenters. The number of nitrogens with two attached hydrogens (primary N) is 1. The first-order chi connectivity index (χ1) is 8.09. The second-order valence-corrected chi connectivity index (χ2v) is 5.26. The first-order valence-electron chi connectivity index (χ1n) is 6.16. The lowest BCUT2D eigenvalue weighted by atomic mass is 9.94. The summed E-state index contributed by atoms with van der Waals surface area (Å²) >= 11 is 1.66. The zero-order chi connectivity index (χ0) is 12.7. The molecule has 17 heavy (non-hydrogen) atoms. The molecular weight excluding hydrogens is 232 g/mol. The minimum Gasteiger partial charge on any atom is -0.354 e. The van der Waals surface area contributed by atoms with Crippen LogP contribution in [0.2, 0.25) is 0 Å². The summed E-state index contributed by atoms with van der Waals surface area (Å²) in [5.41, 5.74) is 7.10. The molecule has 0 unspecified atom stereocenters. The van der Waals surface area contributed by atoms with Crippen molar-refractivity contribution >= 4 is 17.2 Å². The Bertz CT molecular complexity index is 331. The minimum absolute atomic E-state index is 0.0907. The van der Waals surface area contributed by atoms with E-state index in [1.54, 1.807) is 11.3 Å². The number of nitrogens with one attached hydrogen (secondary N) is 1. The van der Waals surface area contributed by atoms with Gasteiger partial charge in [-0.05, 0) is 41.7 Å². The van der Waals surface area contributed by atoms with E-state index >= 15 is 0 Å². The summed E-state index contributed by atoms with van der Waals surface area (Å²) in [6.45, 7) is 4.69. The Hall–Kier alpha value is -0.870. The lowest BCUT2D eigenvalue weighted by Gasteiger charge is -2.26. The van der Waals surface area contributed by atoms with Crippen molar-refractivity contribution in [2.75, 3.05) is 6.54 Å². The van der Waals surface area contributed by atoms with Crippen LogP contribution in [0.3, 0.4) is 0 Å². The molecule has 3 N–H and O–H groups in total. The molecule has 0 aliphatic heterocycles. The van der Waals surface area contributed by atoms with Gasteiger partial charge in [0.05, 0.1) is 0 Å². The van der Waals surface area contributed by atoms with E-state index in [0.29, 0.717) is 13.0 Å². The van der Waals surface area contributed by atoms with Gasteiger partial charge in [0.2, 0.25) is 5.91 Å². The van der Waals surface area contributed by atoms with E-state index < -0.39 is 0 Å². The van der Waals surface area contributed by atoms with Crippen LogP contribution in [0.5, 0.6) is 0 Å². The molecule has 0 bridgehead atoms. The number of hydrogen-bond acceptors (Lipinski definition) is 3. The summed E-state index contributed by atoms with van der Waals surface area (Å²) in [4.78, 5) is 11.7. The van der Waals surface area contributed by atoms with Crippen molar-refractivity contribution in [1.29, 1.82) is 0 Å². The number of carbonyl (C=O) groups excluding carboxylic acids is 1. The maximum atomic E-state index is 11.7. The van der Waals surface area contributed by atoms with E-state index in [9.17, 15) is 4.79 Å². The van der Waals surface area contributed by atoms with Gasteiger partial charge in [-0.15, -0.1) is 0 Å². The molecule has 1 amide bonds. The van der Waals surface area contributed by atoms with Crippen molar-refractivity contribution in [2.24, 2.45) is 5.73 Å². The van der Waals surface area contributed by atoms with Crippen molar-refractivity contribution in [1.82, 2.24) is 5.32 Å². The van der Waals surface area contributed by atoms with Gasteiger partial charge in [-0.25, -0.2) is 0 Å². The van der Waals surface area contributed by atoms with Crippen molar-refractivity contribution in [3.05, 3.63) is 22.4 Å². The van der Waals surface area contributed by atoms with Crippen LogP contribution in [0, 0.1) is 0 Å². The molecule has 4 heteroatoms. The highest BCUT2D eigenvalue weighted by atomic mass is 32.1. The van der Waals surface area contributed by atoms with Crippen LogP contribution in [0.1, 0.15) is 38.7 Å². The molecule has 3 nitrogen and oxygen atoms in total. The van der Waals surface area contributed by atoms with E-state index in [-0.39, 0.29) is 11.4 Å². The smallest absolute Gasteiger partial charge is 0.220 e. The second-order valence-electron chi connectivity index (χ2n) is 4.48. The topological polar surface area (TPSA) is 55.1 Å². The molecule has 1 aromatic heterocycles. The summed E-state index contributed by atoms with van der Waals surface area (Å²) in [5, 5.41) is 7.04. The van der Waals surface area contributed by atoms with Gasteiger partial charge in [0.15, 0.2) is 0 Å². The normalized spacial score (nSPS) is 11.5. The quantitative estimate of drug-likeness (QED) is 0.784. The number of thiophene rings is 1. The highest BCUT2D eigenvalue weighted by Gasteiger charge is 2.20. The van der Waals surface area contributed by atoms with Crippen molar-refractivity contribution in [2.45, 2.75) is 45.1 Å². The van der Waals surface area contributed by atoms with Crippen LogP contribution in [0.25, 0.3) is 0 Å². The maximum absolute atomic E-state index is 11.7. The highest BCUT2D eigenvalue weighted by Crippen LogP contribution is 2.10. The molecule has 1 aromatic rings. The van der Waals surface area contributed by atoms with Crippen molar-refractivity contribution < 1.29 is 4.79 Å². The summed E-state index contributed by atoms with van der Waals surface area (Å²) in [7, 11) is 0. The molecule has 0 fully saturated rings. The second kappa shape index (κ2) is 6.77. The van der Waals surface area contributed by atoms with Crippen molar-refractivity contribution in [3.8, 4) is 0 Å². The Morgan fingerprint density at radius 1 is 1.47 bits per heavy atom. The zero-order valence-corrected chi connectivity index (χ0v) is 11.5. The zero-order valence-electron chi connectivity index (χ0n) is 10.7. The van der Waals surface area contributed by atoms with E-state index in [4.69, 9.17) is 5.73 Å². The predicted octanol–water partition coefficient (Wildman–Crippen LogP) is 2.31. The highest BCUT2D eigenvalue weighted by molar-refractivity contribution is 7.07. The lowest BCUT2D eigenvalue weighted by Crippen LogP contribution is -2.49. The SMILES string of the molecule is CCC(N)(CC)CNC(=O)CCc1ccsc1. The summed E-state index contributed by atoms with van der Waals surface area (Å²) in [6, 6.07) is 2.06. The molecule has 0 radical (unpaired) electrons. The fraction of sp³-hybridized carbons (Fsp3) is 0.615. The number of amides is 1. The Labute approximate surface area is 107 Å². The van der Waals surface area contributed by atoms with Crippen LogP contribution >= 0.6 is 11.3 Å². The molecule has 0 saturated heterocycles. The van der Waals surface area contributed by atoms with Crippen LogP contribution in [0.4, 0.5) is 0 Å². The fourth-order valence-corrected chi connectivity index (χ4v) is 2.26. The maximum Gasteiger partial charge on any atom is 0.220 e. The largest absolute Gasteiger partial charge is 0.354 e. The minimum atomic E-state index is -0.252. The van der Waals surface area contributed by atoms with E-state index in [1.807, 2.05) is 5.38 Å². The number of carbonyl (C=O) groups is 1. The molecule has 0 aromatic carbocycles. The van der Waals surface area contributed by atoms with Gasteiger partial charge < -0.3 is 11.1 Å². The van der Waals surface area contributed by atoms with Crippen LogP contribution in [0.15, 0.2) is 16.8 Å². The monoisotopic (exact) mass is 254 g/mol. The van der Waals surface area contributed by atoms with Crippen LogP contribution in [-0.4, -0.2) is 18.0 Å². The van der Waals surface area contributed by atoms with Crippen molar-refractivity contribution in [3.63, 3.8) is 0 Å². The van der Waals surface area contributed by atoms with E-state index in [2.05, 4.69) is 30.6 Å². The van der Waals surface area contributed by atoms with E-state index in [1.165, 1.54) is 5.56 Å². The van der Waals surface area contributed by atoms with Gasteiger partial charge in [-0.1, -0.05) is 13.8 Å². The Kier molecular flexibility index (Phi) is 5.65. The number of rotatable bonds is 7. The summed E-state index contributed by atoms with van der Waals surface area (Å²) in [5.74, 6) is 0.0907. The standard InChI is InChI=1S/C13H22N2OS/c1-3-13(14,4-2)10-15-12(16)6-5-11-7-8-17-9-11/h7-9H,3-6,10,14H2,1-2H3,(H,15,16). The molecule has 96 valence electrons. The first kappa shape index (κ1) is 14.2. The lowest BCUT2D eigenvalue weighted by molar-refractivity contribution is -0.121.